The molecule has 0 saturated heterocycles. The van der Waals surface area contributed by atoms with E-state index in [0.29, 0.717) is 6.42 Å². The van der Waals surface area contributed by atoms with E-state index >= 15 is 0 Å². The van der Waals surface area contributed by atoms with Gasteiger partial charge in [-0.05, 0) is 20.3 Å². The van der Waals surface area contributed by atoms with Crippen molar-refractivity contribution in [1.29, 1.82) is 0 Å². The number of hydrogen-bond acceptors (Lipinski definition) is 3. The quantitative estimate of drug-likeness (QED) is 0.631. The van der Waals surface area contributed by atoms with Gasteiger partial charge in [0.25, 0.3) is 0 Å². The molecular weight excluding hydrogens is 167 g/mol. The molecule has 0 radical (unpaired) electrons. The van der Waals surface area contributed by atoms with Crippen LogP contribution in [0.15, 0.2) is 24.3 Å². The van der Waals surface area contributed by atoms with E-state index in [1.54, 1.807) is 12.2 Å². The zero-order valence-electron chi connectivity index (χ0n) is 7.97. The van der Waals surface area contributed by atoms with Gasteiger partial charge in [-0.3, -0.25) is 0 Å². The average molecular weight is 182 g/mol. The second-order valence-electron chi connectivity index (χ2n) is 3.49. The molecule has 3 nitrogen and oxygen atoms in total. The lowest BCUT2D eigenvalue weighted by atomic mass is 9.64. The smallest absolute Gasteiger partial charge is 0.425 e. The van der Waals surface area contributed by atoms with Gasteiger partial charge in [-0.2, -0.15) is 0 Å². The molecule has 2 N–H and O–H groups in total. The van der Waals surface area contributed by atoms with E-state index in [9.17, 15) is 10.0 Å². The maximum Gasteiger partial charge on any atom is 0.490 e. The number of hydrogen-bond donors (Lipinski definition) is 2. The summed E-state index contributed by atoms with van der Waals surface area (Å²) in [6.07, 6.45) is 7.66. The van der Waals surface area contributed by atoms with Gasteiger partial charge >= 0.3 is 7.12 Å². The molecule has 0 fully saturated rings. The molecule has 0 bridgehead atoms. The Morgan fingerprint density at radius 2 is 2.08 bits per heavy atom. The molecule has 0 heterocycles. The predicted octanol–water partition coefficient (Wildman–Crippen LogP) is 0.678. The highest BCUT2D eigenvalue weighted by atomic mass is 16.5. The molecule has 1 rings (SSSR count). The summed E-state index contributed by atoms with van der Waals surface area (Å²) in [5, 5.41) is 18.4. The van der Waals surface area contributed by atoms with Crippen LogP contribution in [0.25, 0.3) is 0 Å². The maximum atomic E-state index is 9.22. The number of rotatable bonds is 3. The second-order valence-corrected chi connectivity index (χ2v) is 3.49. The zero-order valence-corrected chi connectivity index (χ0v) is 7.97. The monoisotopic (exact) mass is 182 g/mol. The highest BCUT2D eigenvalue weighted by Crippen LogP contribution is 2.25. The highest BCUT2D eigenvalue weighted by Gasteiger charge is 2.41. The van der Waals surface area contributed by atoms with Crippen molar-refractivity contribution < 1.29 is 14.8 Å². The van der Waals surface area contributed by atoms with Gasteiger partial charge in [0.1, 0.15) is 5.50 Å². The van der Waals surface area contributed by atoms with E-state index in [1.807, 2.05) is 26.0 Å². The lowest BCUT2D eigenvalue weighted by molar-refractivity contribution is -0.0143. The van der Waals surface area contributed by atoms with E-state index in [1.165, 1.54) is 0 Å². The Labute approximate surface area is 78.9 Å². The molecule has 1 aliphatic carbocycles. The first-order chi connectivity index (χ1) is 6.07. The maximum absolute atomic E-state index is 9.22. The van der Waals surface area contributed by atoms with Gasteiger partial charge in [-0.25, -0.2) is 0 Å². The second kappa shape index (κ2) is 4.09. The van der Waals surface area contributed by atoms with Gasteiger partial charge in [-0.15, -0.1) is 0 Å². The van der Waals surface area contributed by atoms with E-state index in [-0.39, 0.29) is 6.10 Å². The molecule has 0 aromatic rings. The Kier molecular flexibility index (Phi) is 3.30. The molecule has 1 atom stereocenters. The van der Waals surface area contributed by atoms with Crippen LogP contribution in [-0.4, -0.2) is 28.8 Å². The lowest BCUT2D eigenvalue weighted by Gasteiger charge is -2.32. The van der Waals surface area contributed by atoms with Crippen LogP contribution in [0, 0.1) is 0 Å². The Bertz CT molecular complexity index is 223. The normalized spacial score (nSPS) is 26.8. The van der Waals surface area contributed by atoms with Gasteiger partial charge in [0, 0.05) is 0 Å². The lowest BCUT2D eigenvalue weighted by Crippen LogP contribution is -2.49. The minimum absolute atomic E-state index is 0.0297. The largest absolute Gasteiger partial charge is 0.490 e. The van der Waals surface area contributed by atoms with Crippen LogP contribution in [0.5, 0.6) is 0 Å². The van der Waals surface area contributed by atoms with Crippen molar-refractivity contribution in [3.8, 4) is 0 Å². The summed E-state index contributed by atoms with van der Waals surface area (Å²) in [4.78, 5) is 0. The predicted molar refractivity (Wildman–Crippen MR) is 52.0 cm³/mol. The van der Waals surface area contributed by atoms with Crippen molar-refractivity contribution in [2.24, 2.45) is 0 Å². The van der Waals surface area contributed by atoms with E-state index < -0.39 is 12.6 Å². The Morgan fingerprint density at radius 1 is 1.38 bits per heavy atom. The van der Waals surface area contributed by atoms with Gasteiger partial charge < -0.3 is 14.8 Å². The third kappa shape index (κ3) is 2.43. The van der Waals surface area contributed by atoms with Crippen molar-refractivity contribution in [2.45, 2.75) is 31.9 Å². The van der Waals surface area contributed by atoms with Gasteiger partial charge in [-0.1, -0.05) is 24.3 Å². The molecule has 0 spiro atoms. The molecule has 72 valence electrons. The third-order valence-electron chi connectivity index (χ3n) is 1.95. The summed E-state index contributed by atoms with van der Waals surface area (Å²) in [5.74, 6) is 0. The van der Waals surface area contributed by atoms with Crippen molar-refractivity contribution in [1.82, 2.24) is 0 Å². The standard InChI is InChI=1S/C9H15BO3/c1-8(2)13-9(10(11)12)6-4-3-5-7-9/h3-6,8,11-12H,7H2,1-2H3. The van der Waals surface area contributed by atoms with Crippen molar-refractivity contribution in [3.63, 3.8) is 0 Å². The Hall–Kier alpha value is -0.575. The van der Waals surface area contributed by atoms with E-state index in [4.69, 9.17) is 4.74 Å². The molecule has 0 saturated carbocycles. The molecule has 0 aromatic carbocycles. The van der Waals surface area contributed by atoms with Crippen molar-refractivity contribution in [3.05, 3.63) is 24.3 Å². The third-order valence-corrected chi connectivity index (χ3v) is 1.95. The Morgan fingerprint density at radius 3 is 2.46 bits per heavy atom. The summed E-state index contributed by atoms with van der Waals surface area (Å²) in [6.45, 7) is 3.74. The van der Waals surface area contributed by atoms with E-state index in [2.05, 4.69) is 0 Å². The molecule has 0 aliphatic heterocycles. The molecule has 1 aliphatic rings. The Balaban J connectivity index is 2.76. The highest BCUT2D eigenvalue weighted by molar-refractivity contribution is 6.46. The average Bonchev–Trinajstić information content (AvgIpc) is 2.04. The van der Waals surface area contributed by atoms with Crippen LogP contribution in [0.2, 0.25) is 0 Å². The van der Waals surface area contributed by atoms with E-state index in [0.717, 1.165) is 0 Å². The summed E-state index contributed by atoms with van der Waals surface area (Å²) in [7, 11) is -1.48. The fourth-order valence-corrected chi connectivity index (χ4v) is 1.40. The first-order valence-electron chi connectivity index (χ1n) is 4.45. The van der Waals surface area contributed by atoms with Crippen LogP contribution in [0.1, 0.15) is 20.3 Å². The fraction of sp³-hybridized carbons (Fsp3) is 0.556. The van der Waals surface area contributed by atoms with Gasteiger partial charge in [0.05, 0.1) is 6.10 Å². The number of allylic oxidation sites excluding steroid dienone is 2. The molecule has 0 amide bonds. The van der Waals surface area contributed by atoms with Gasteiger partial charge in [0.2, 0.25) is 0 Å². The minimum atomic E-state index is -1.48. The molecule has 13 heavy (non-hydrogen) atoms. The topological polar surface area (TPSA) is 49.7 Å². The zero-order chi connectivity index (χ0) is 9.90. The van der Waals surface area contributed by atoms with Crippen LogP contribution in [-0.2, 0) is 4.74 Å². The molecule has 4 heteroatoms. The summed E-state index contributed by atoms with van der Waals surface area (Å²) in [5.41, 5.74) is -0.955. The van der Waals surface area contributed by atoms with Gasteiger partial charge in [0.15, 0.2) is 0 Å². The molecule has 1 unspecified atom stereocenters. The summed E-state index contributed by atoms with van der Waals surface area (Å²) in [6, 6.07) is 0. The first kappa shape index (κ1) is 10.5. The van der Waals surface area contributed by atoms with Crippen LogP contribution < -0.4 is 0 Å². The summed E-state index contributed by atoms with van der Waals surface area (Å²) < 4.78 is 5.50. The fourth-order valence-electron chi connectivity index (χ4n) is 1.40. The SMILES string of the molecule is CC(C)OC1(B(O)O)C=CC=CC1. The van der Waals surface area contributed by atoms with Crippen molar-refractivity contribution in [2.75, 3.05) is 0 Å². The van der Waals surface area contributed by atoms with Crippen molar-refractivity contribution >= 4 is 7.12 Å². The molecule has 0 aromatic heterocycles. The van der Waals surface area contributed by atoms with Crippen LogP contribution >= 0.6 is 0 Å². The van der Waals surface area contributed by atoms with Crippen LogP contribution in [0.3, 0.4) is 0 Å². The first-order valence-corrected chi connectivity index (χ1v) is 4.45. The summed E-state index contributed by atoms with van der Waals surface area (Å²) >= 11 is 0. The van der Waals surface area contributed by atoms with Crippen LogP contribution in [0.4, 0.5) is 0 Å². The number of ether oxygens (including phenoxy) is 1. The minimum Gasteiger partial charge on any atom is -0.425 e. The molecular formula is C9H15BO3.